The van der Waals surface area contributed by atoms with Crippen LogP contribution in [0.3, 0.4) is 0 Å². The predicted molar refractivity (Wildman–Crippen MR) is 75.8 cm³/mol. The summed E-state index contributed by atoms with van der Waals surface area (Å²) >= 11 is 0. The Bertz CT molecular complexity index is 530. The molecule has 100 valence electrons. The van der Waals surface area contributed by atoms with Crippen molar-refractivity contribution in [2.75, 3.05) is 6.54 Å². The van der Waals surface area contributed by atoms with E-state index in [4.69, 9.17) is 0 Å². The van der Waals surface area contributed by atoms with Crippen LogP contribution in [-0.2, 0) is 4.79 Å². The molecule has 0 aliphatic carbocycles. The van der Waals surface area contributed by atoms with E-state index in [-0.39, 0.29) is 11.7 Å². The van der Waals surface area contributed by atoms with Crippen molar-refractivity contribution < 1.29 is 9.90 Å². The molecule has 1 aliphatic rings. The van der Waals surface area contributed by atoms with Gasteiger partial charge in [0.25, 0.3) is 5.91 Å². The third kappa shape index (κ3) is 3.02. The fraction of sp³-hybridized carbons (Fsp3) is 0.333. The van der Waals surface area contributed by atoms with Crippen molar-refractivity contribution in [3.8, 4) is 5.75 Å². The summed E-state index contributed by atoms with van der Waals surface area (Å²) in [6, 6.07) is 6.71. The second kappa shape index (κ2) is 5.69. The number of hydrogen-bond donors (Lipinski definition) is 1. The van der Waals surface area contributed by atoms with Crippen molar-refractivity contribution in [2.45, 2.75) is 26.7 Å². The van der Waals surface area contributed by atoms with Crippen LogP contribution in [0.1, 0.15) is 32.3 Å². The number of carbonyl (C=O) groups excluding carboxylic acids is 1. The van der Waals surface area contributed by atoms with Crippen LogP contribution < -0.4 is 0 Å². The summed E-state index contributed by atoms with van der Waals surface area (Å²) in [5.41, 5.74) is 1.31. The van der Waals surface area contributed by atoms with E-state index in [2.05, 4.69) is 11.9 Å². The monoisotopic (exact) mass is 258 g/mol. The summed E-state index contributed by atoms with van der Waals surface area (Å²) in [7, 11) is 0. The molecule has 0 atom stereocenters. The number of aliphatic imine (C=N–C) groups is 1. The van der Waals surface area contributed by atoms with Crippen LogP contribution in [0.15, 0.2) is 35.0 Å². The van der Waals surface area contributed by atoms with Gasteiger partial charge >= 0.3 is 0 Å². The number of aromatic hydroxyl groups is 1. The van der Waals surface area contributed by atoms with Crippen molar-refractivity contribution in [3.05, 3.63) is 35.5 Å². The number of benzene rings is 1. The Labute approximate surface area is 113 Å². The van der Waals surface area contributed by atoms with Crippen LogP contribution in [0.4, 0.5) is 0 Å². The molecule has 0 saturated carbocycles. The molecule has 1 N–H and O–H groups in total. The number of phenolic OH excluding ortho intramolecular Hbond substituents is 1. The average Bonchev–Trinajstić information content (AvgIpc) is 2.65. The Morgan fingerprint density at radius 3 is 2.63 bits per heavy atom. The highest BCUT2D eigenvalue weighted by molar-refractivity contribution is 6.13. The van der Waals surface area contributed by atoms with Crippen LogP contribution in [0.5, 0.6) is 5.75 Å². The highest BCUT2D eigenvalue weighted by atomic mass is 16.3. The molecule has 19 heavy (non-hydrogen) atoms. The number of rotatable bonds is 4. The van der Waals surface area contributed by atoms with Crippen LogP contribution >= 0.6 is 0 Å². The lowest BCUT2D eigenvalue weighted by atomic mass is 10.2. The third-order valence-electron chi connectivity index (χ3n) is 3.07. The second-order valence-electron chi connectivity index (χ2n) is 4.59. The maximum atomic E-state index is 12.2. The first-order valence-corrected chi connectivity index (χ1v) is 6.49. The number of hydrogen-bond acceptors (Lipinski definition) is 3. The predicted octanol–water partition coefficient (Wildman–Crippen LogP) is 2.79. The van der Waals surface area contributed by atoms with E-state index in [1.807, 2.05) is 6.92 Å². The molecule has 1 aliphatic heterocycles. The molecule has 0 aromatic heterocycles. The number of nitrogens with zero attached hydrogens (tertiary/aromatic N) is 2. The smallest absolute Gasteiger partial charge is 0.277 e. The first kappa shape index (κ1) is 13.3. The molecule has 0 bridgehead atoms. The molecule has 2 rings (SSSR count). The molecule has 0 unspecified atom stereocenters. The number of amidine groups is 1. The van der Waals surface area contributed by atoms with Gasteiger partial charge in [-0.25, -0.2) is 4.99 Å². The van der Waals surface area contributed by atoms with Gasteiger partial charge in [0.1, 0.15) is 17.3 Å². The van der Waals surface area contributed by atoms with Gasteiger partial charge in [0.2, 0.25) is 0 Å². The maximum Gasteiger partial charge on any atom is 0.277 e. The largest absolute Gasteiger partial charge is 0.508 e. The summed E-state index contributed by atoms with van der Waals surface area (Å²) in [4.78, 5) is 18.2. The van der Waals surface area contributed by atoms with Crippen LogP contribution in [0.25, 0.3) is 6.08 Å². The van der Waals surface area contributed by atoms with E-state index in [9.17, 15) is 9.90 Å². The normalized spacial score (nSPS) is 17.2. The first-order chi connectivity index (χ1) is 9.11. The third-order valence-corrected chi connectivity index (χ3v) is 3.07. The summed E-state index contributed by atoms with van der Waals surface area (Å²) in [6.07, 6.45) is 3.77. The molecule has 1 aromatic carbocycles. The van der Waals surface area contributed by atoms with E-state index in [1.54, 1.807) is 35.2 Å². The number of amides is 1. The zero-order valence-corrected chi connectivity index (χ0v) is 11.3. The number of carbonyl (C=O) groups is 1. The van der Waals surface area contributed by atoms with Gasteiger partial charge < -0.3 is 5.11 Å². The first-order valence-electron chi connectivity index (χ1n) is 6.49. The summed E-state index contributed by atoms with van der Waals surface area (Å²) in [6.45, 7) is 4.67. The lowest BCUT2D eigenvalue weighted by Gasteiger charge is -2.14. The van der Waals surface area contributed by atoms with E-state index in [1.165, 1.54) is 0 Å². The fourth-order valence-electron chi connectivity index (χ4n) is 1.97. The van der Waals surface area contributed by atoms with Gasteiger partial charge in [-0.1, -0.05) is 25.5 Å². The van der Waals surface area contributed by atoms with Gasteiger partial charge in [0.15, 0.2) is 0 Å². The van der Waals surface area contributed by atoms with Crippen molar-refractivity contribution in [1.29, 1.82) is 0 Å². The number of phenols is 1. The van der Waals surface area contributed by atoms with Gasteiger partial charge in [-0.15, -0.1) is 0 Å². The van der Waals surface area contributed by atoms with Gasteiger partial charge in [-0.2, -0.15) is 0 Å². The Balaban J connectivity index is 2.18. The Hall–Kier alpha value is -2.10. The lowest BCUT2D eigenvalue weighted by molar-refractivity contribution is -0.122. The molecule has 4 heteroatoms. The van der Waals surface area contributed by atoms with Crippen molar-refractivity contribution in [2.24, 2.45) is 4.99 Å². The molecule has 1 heterocycles. The van der Waals surface area contributed by atoms with Gasteiger partial charge in [0.05, 0.1) is 0 Å². The second-order valence-corrected chi connectivity index (χ2v) is 4.59. The summed E-state index contributed by atoms with van der Waals surface area (Å²) in [5.74, 6) is 0.923. The molecule has 1 aromatic rings. The van der Waals surface area contributed by atoms with Gasteiger partial charge in [0, 0.05) is 6.54 Å². The highest BCUT2D eigenvalue weighted by Gasteiger charge is 2.26. The average molecular weight is 258 g/mol. The standard InChI is InChI=1S/C15H18N2O2/c1-3-4-9-17-11(2)16-14(15(17)19)10-12-5-7-13(18)8-6-12/h5-8,10,18H,3-4,9H2,1-2H3/b14-10+. The molecular weight excluding hydrogens is 240 g/mol. The molecular formula is C15H18N2O2. The van der Waals surface area contributed by atoms with E-state index < -0.39 is 0 Å². The topological polar surface area (TPSA) is 52.9 Å². The van der Waals surface area contributed by atoms with Crippen LogP contribution in [0.2, 0.25) is 0 Å². The molecule has 0 spiro atoms. The van der Waals surface area contributed by atoms with Gasteiger partial charge in [-0.05, 0) is 37.1 Å². The van der Waals surface area contributed by atoms with Crippen LogP contribution in [0, 0.1) is 0 Å². The minimum absolute atomic E-state index is 0.0426. The SMILES string of the molecule is CCCCN1C(=O)/C(=C\c2ccc(O)cc2)N=C1C. The molecule has 1 amide bonds. The zero-order chi connectivity index (χ0) is 13.8. The van der Waals surface area contributed by atoms with E-state index in [0.717, 1.165) is 30.8 Å². The minimum Gasteiger partial charge on any atom is -0.508 e. The minimum atomic E-state index is -0.0426. The fourth-order valence-corrected chi connectivity index (χ4v) is 1.97. The molecule has 4 nitrogen and oxygen atoms in total. The van der Waals surface area contributed by atoms with Gasteiger partial charge in [-0.3, -0.25) is 9.69 Å². The Kier molecular flexibility index (Phi) is 4.00. The lowest BCUT2D eigenvalue weighted by Crippen LogP contribution is -2.31. The van der Waals surface area contributed by atoms with Crippen molar-refractivity contribution in [1.82, 2.24) is 4.90 Å². The number of unbranched alkanes of at least 4 members (excludes halogenated alkanes) is 1. The maximum absolute atomic E-state index is 12.2. The highest BCUT2D eigenvalue weighted by Crippen LogP contribution is 2.19. The van der Waals surface area contributed by atoms with Crippen molar-refractivity contribution >= 4 is 17.8 Å². The quantitative estimate of drug-likeness (QED) is 0.844. The molecule has 0 radical (unpaired) electrons. The van der Waals surface area contributed by atoms with Crippen LogP contribution in [-0.4, -0.2) is 28.3 Å². The molecule has 0 saturated heterocycles. The Morgan fingerprint density at radius 1 is 1.32 bits per heavy atom. The van der Waals surface area contributed by atoms with E-state index >= 15 is 0 Å². The molecule has 0 fully saturated rings. The Morgan fingerprint density at radius 2 is 2.00 bits per heavy atom. The summed E-state index contributed by atoms with van der Waals surface area (Å²) < 4.78 is 0. The summed E-state index contributed by atoms with van der Waals surface area (Å²) in [5, 5.41) is 9.23. The van der Waals surface area contributed by atoms with E-state index in [0.29, 0.717) is 5.70 Å². The van der Waals surface area contributed by atoms with Crippen molar-refractivity contribution in [3.63, 3.8) is 0 Å². The zero-order valence-electron chi connectivity index (χ0n) is 11.3.